The van der Waals surface area contributed by atoms with Gasteiger partial charge in [-0.25, -0.2) is 4.39 Å². The molecule has 2 aromatic rings. The van der Waals surface area contributed by atoms with Crippen molar-refractivity contribution in [3.05, 3.63) is 57.7 Å². The Morgan fingerprint density at radius 1 is 1.20 bits per heavy atom. The third-order valence-electron chi connectivity index (χ3n) is 2.80. The minimum absolute atomic E-state index is 0.347. The predicted octanol–water partition coefficient (Wildman–Crippen LogP) is 4.51. The molecule has 1 atom stereocenters. The molecule has 1 N–H and O–H groups in total. The number of nitrogens with one attached hydrogen (secondary N) is 1. The highest BCUT2D eigenvalue weighted by Crippen LogP contribution is 2.33. The molecule has 1 unspecified atom stereocenters. The Kier molecular flexibility index (Phi) is 4.19. The van der Waals surface area contributed by atoms with E-state index >= 15 is 0 Å². The Morgan fingerprint density at radius 3 is 2.35 bits per heavy atom. The van der Waals surface area contributed by atoms with E-state index in [0.717, 1.165) is 12.1 Å². The van der Waals surface area contributed by atoms with Crippen molar-refractivity contribution in [2.24, 2.45) is 0 Å². The van der Waals surface area contributed by atoms with E-state index in [4.69, 9.17) is 4.42 Å². The third-order valence-corrected chi connectivity index (χ3v) is 3.23. The quantitative estimate of drug-likeness (QED) is 0.823. The lowest BCUT2D eigenvalue weighted by Crippen LogP contribution is -2.18. The molecule has 0 fully saturated rings. The number of halogens is 5. The molecule has 1 heterocycles. The van der Waals surface area contributed by atoms with Crippen LogP contribution in [0.3, 0.4) is 0 Å². The van der Waals surface area contributed by atoms with E-state index in [1.807, 2.05) is 0 Å². The van der Waals surface area contributed by atoms with Crippen LogP contribution in [0.5, 0.6) is 0 Å². The van der Waals surface area contributed by atoms with Crippen molar-refractivity contribution in [1.29, 1.82) is 0 Å². The second-order valence-electron chi connectivity index (χ2n) is 4.10. The van der Waals surface area contributed by atoms with Gasteiger partial charge in [0.1, 0.15) is 11.6 Å². The van der Waals surface area contributed by atoms with E-state index < -0.39 is 23.6 Å². The lowest BCUT2D eigenvalue weighted by molar-refractivity contribution is -0.140. The van der Waals surface area contributed by atoms with Crippen LogP contribution in [0.25, 0.3) is 0 Å². The molecule has 0 aliphatic heterocycles. The van der Waals surface area contributed by atoms with Gasteiger partial charge in [0.25, 0.3) is 0 Å². The van der Waals surface area contributed by atoms with E-state index in [1.54, 1.807) is 19.2 Å². The topological polar surface area (TPSA) is 25.2 Å². The molecular formula is C13H10BrF4NO. The standard InChI is InChI=1S/C13H10BrF4NO/c1-19-12(10-4-5-11(14)20-10)7-2-3-8(9(15)6-7)13(16,17)18/h2-6,12,19H,1H3. The van der Waals surface area contributed by atoms with Crippen LogP contribution in [-0.2, 0) is 6.18 Å². The summed E-state index contributed by atoms with van der Waals surface area (Å²) in [7, 11) is 1.61. The van der Waals surface area contributed by atoms with E-state index in [2.05, 4.69) is 21.2 Å². The van der Waals surface area contributed by atoms with Crippen molar-refractivity contribution in [3.63, 3.8) is 0 Å². The van der Waals surface area contributed by atoms with Crippen LogP contribution in [0.15, 0.2) is 39.4 Å². The summed E-state index contributed by atoms with van der Waals surface area (Å²) in [5.74, 6) is -0.834. The molecule has 0 bridgehead atoms. The molecule has 0 spiro atoms. The second kappa shape index (κ2) is 5.57. The first-order chi connectivity index (χ1) is 9.32. The fourth-order valence-corrected chi connectivity index (χ4v) is 2.22. The summed E-state index contributed by atoms with van der Waals surface area (Å²) in [5, 5.41) is 2.87. The maximum Gasteiger partial charge on any atom is 0.419 e. The smallest absolute Gasteiger partial charge is 0.419 e. The Morgan fingerprint density at radius 2 is 1.90 bits per heavy atom. The van der Waals surface area contributed by atoms with Gasteiger partial charge in [-0.2, -0.15) is 13.2 Å². The molecule has 7 heteroatoms. The SMILES string of the molecule is CNC(c1ccc(C(F)(F)F)c(F)c1)c1ccc(Br)o1. The number of benzene rings is 1. The molecule has 1 aromatic heterocycles. The largest absolute Gasteiger partial charge is 0.452 e. The third kappa shape index (κ3) is 3.04. The van der Waals surface area contributed by atoms with Gasteiger partial charge >= 0.3 is 6.18 Å². The van der Waals surface area contributed by atoms with E-state index in [9.17, 15) is 17.6 Å². The number of furan rings is 1. The van der Waals surface area contributed by atoms with Crippen molar-refractivity contribution >= 4 is 15.9 Å². The second-order valence-corrected chi connectivity index (χ2v) is 4.88. The highest BCUT2D eigenvalue weighted by molar-refractivity contribution is 9.10. The first-order valence-electron chi connectivity index (χ1n) is 5.62. The van der Waals surface area contributed by atoms with Gasteiger partial charge in [-0.1, -0.05) is 6.07 Å². The van der Waals surface area contributed by atoms with E-state index in [-0.39, 0.29) is 0 Å². The molecule has 1 aromatic carbocycles. The summed E-state index contributed by atoms with van der Waals surface area (Å²) in [6.07, 6.45) is -4.70. The monoisotopic (exact) mass is 351 g/mol. The fraction of sp³-hybridized carbons (Fsp3) is 0.231. The maximum atomic E-state index is 13.6. The fourth-order valence-electron chi connectivity index (χ4n) is 1.90. The summed E-state index contributed by atoms with van der Waals surface area (Å²) in [6.45, 7) is 0. The molecule has 0 aliphatic rings. The van der Waals surface area contributed by atoms with Crippen molar-refractivity contribution in [3.8, 4) is 0 Å². The highest BCUT2D eigenvalue weighted by atomic mass is 79.9. The number of hydrogen-bond donors (Lipinski definition) is 1. The summed E-state index contributed by atoms with van der Waals surface area (Å²) in [4.78, 5) is 0. The molecule has 20 heavy (non-hydrogen) atoms. The molecule has 108 valence electrons. The Hall–Kier alpha value is -1.34. The van der Waals surface area contributed by atoms with Crippen molar-refractivity contribution in [1.82, 2.24) is 5.32 Å². The van der Waals surface area contributed by atoms with Gasteiger partial charge in [-0.15, -0.1) is 0 Å². The predicted molar refractivity (Wildman–Crippen MR) is 68.7 cm³/mol. The summed E-state index contributed by atoms with van der Waals surface area (Å²) in [5.41, 5.74) is -0.934. The van der Waals surface area contributed by atoms with Crippen LogP contribution in [0.1, 0.15) is 22.9 Å². The molecular weight excluding hydrogens is 342 g/mol. The van der Waals surface area contributed by atoms with Crippen molar-refractivity contribution < 1.29 is 22.0 Å². The minimum Gasteiger partial charge on any atom is -0.452 e. The minimum atomic E-state index is -4.70. The van der Waals surface area contributed by atoms with Gasteiger partial charge in [-0.05, 0) is 52.8 Å². The van der Waals surface area contributed by atoms with Crippen LogP contribution in [0, 0.1) is 5.82 Å². The lowest BCUT2D eigenvalue weighted by atomic mass is 10.0. The maximum absolute atomic E-state index is 13.6. The summed E-state index contributed by atoms with van der Waals surface area (Å²) in [6, 6.07) is 5.59. The normalized spacial score (nSPS) is 13.5. The first-order valence-corrected chi connectivity index (χ1v) is 6.41. The molecule has 0 amide bonds. The Balaban J connectivity index is 2.39. The van der Waals surface area contributed by atoms with Gasteiger partial charge < -0.3 is 9.73 Å². The van der Waals surface area contributed by atoms with Crippen LogP contribution in [0.2, 0.25) is 0 Å². The molecule has 0 saturated heterocycles. The zero-order valence-electron chi connectivity index (χ0n) is 10.3. The zero-order valence-corrected chi connectivity index (χ0v) is 11.8. The van der Waals surface area contributed by atoms with Crippen molar-refractivity contribution in [2.45, 2.75) is 12.2 Å². The number of alkyl halides is 3. The van der Waals surface area contributed by atoms with Crippen molar-refractivity contribution in [2.75, 3.05) is 7.05 Å². The summed E-state index contributed by atoms with van der Waals surface area (Å²) >= 11 is 3.14. The zero-order chi connectivity index (χ0) is 14.9. The van der Waals surface area contributed by atoms with Gasteiger partial charge in [0, 0.05) is 0 Å². The number of rotatable bonds is 3. The van der Waals surface area contributed by atoms with E-state index in [0.29, 0.717) is 16.0 Å². The van der Waals surface area contributed by atoms with Gasteiger partial charge in [0.15, 0.2) is 4.67 Å². The molecule has 0 saturated carbocycles. The van der Waals surface area contributed by atoms with Gasteiger partial charge in [0.2, 0.25) is 0 Å². The van der Waals surface area contributed by atoms with Crippen LogP contribution >= 0.6 is 15.9 Å². The molecule has 2 rings (SSSR count). The average Bonchev–Trinajstić information content (AvgIpc) is 2.75. The van der Waals surface area contributed by atoms with E-state index in [1.165, 1.54) is 6.07 Å². The summed E-state index contributed by atoms with van der Waals surface area (Å²) < 4.78 is 56.9. The van der Waals surface area contributed by atoms with Crippen LogP contribution in [0.4, 0.5) is 17.6 Å². The van der Waals surface area contributed by atoms with Gasteiger partial charge in [0.05, 0.1) is 11.6 Å². The van der Waals surface area contributed by atoms with Crippen LogP contribution < -0.4 is 5.32 Å². The molecule has 0 aliphatic carbocycles. The Labute approximate surface area is 120 Å². The molecule has 2 nitrogen and oxygen atoms in total. The first kappa shape index (κ1) is 15.1. The number of hydrogen-bond acceptors (Lipinski definition) is 2. The molecule has 0 radical (unpaired) electrons. The Bertz CT molecular complexity index is 609. The highest BCUT2D eigenvalue weighted by Gasteiger charge is 2.34. The van der Waals surface area contributed by atoms with Gasteiger partial charge in [-0.3, -0.25) is 0 Å². The lowest BCUT2D eigenvalue weighted by Gasteiger charge is -2.16. The average molecular weight is 352 g/mol. The van der Waals surface area contributed by atoms with Crippen LogP contribution in [-0.4, -0.2) is 7.05 Å².